The zero-order valence-electron chi connectivity index (χ0n) is 11.5. The highest BCUT2D eigenvalue weighted by atomic mass is 32.2. The number of carboxylic acid groups (broad SMARTS) is 1. The number of rotatable bonds is 7. The maximum absolute atomic E-state index is 11.8. The number of benzene rings is 2. The molecule has 1 N–H and O–H groups in total. The molecule has 2 aromatic rings. The summed E-state index contributed by atoms with van der Waals surface area (Å²) in [4.78, 5) is 23.3. The average Bonchev–Trinajstić information content (AvgIpc) is 2.52. The molecule has 0 fully saturated rings. The summed E-state index contributed by atoms with van der Waals surface area (Å²) in [6.07, 6.45) is -0.0742. The number of ketones is 1. The van der Waals surface area contributed by atoms with E-state index in [1.807, 2.05) is 30.3 Å². The first kappa shape index (κ1) is 15.3. The number of hydrogen-bond donors (Lipinski definition) is 1. The van der Waals surface area contributed by atoms with Crippen LogP contribution in [-0.2, 0) is 10.5 Å². The van der Waals surface area contributed by atoms with E-state index in [2.05, 4.69) is 12.1 Å². The number of Topliss-reactive ketones (excluding diaryl/α,β-unsaturated/α-hetero) is 1. The maximum Gasteiger partial charge on any atom is 0.303 e. The Hall–Kier alpha value is -2.07. The molecular weight excluding hydrogens is 284 g/mol. The summed E-state index contributed by atoms with van der Waals surface area (Å²) in [5, 5.41) is 8.58. The van der Waals surface area contributed by atoms with E-state index in [9.17, 15) is 9.59 Å². The summed E-state index contributed by atoms with van der Waals surface area (Å²) in [7, 11) is 0. The van der Waals surface area contributed by atoms with Gasteiger partial charge in [-0.15, -0.1) is 11.8 Å². The van der Waals surface area contributed by atoms with Crippen LogP contribution in [0.1, 0.15) is 28.8 Å². The van der Waals surface area contributed by atoms with Crippen molar-refractivity contribution in [2.75, 3.05) is 0 Å². The van der Waals surface area contributed by atoms with Gasteiger partial charge in [0.1, 0.15) is 0 Å². The first-order valence-corrected chi connectivity index (χ1v) is 7.65. The number of aliphatic carboxylic acids is 1. The summed E-state index contributed by atoms with van der Waals surface area (Å²) in [5.74, 6) is -0.192. The number of carbonyl (C=O) groups excluding carboxylic acids is 1. The Morgan fingerprint density at radius 1 is 0.905 bits per heavy atom. The minimum Gasteiger partial charge on any atom is -0.481 e. The van der Waals surface area contributed by atoms with Gasteiger partial charge in [-0.05, 0) is 17.7 Å². The molecule has 0 spiro atoms. The second kappa shape index (κ2) is 7.64. The lowest BCUT2D eigenvalue weighted by Crippen LogP contribution is -2.03. The van der Waals surface area contributed by atoms with E-state index in [4.69, 9.17) is 5.11 Å². The molecule has 0 radical (unpaired) electrons. The fourth-order valence-corrected chi connectivity index (χ4v) is 2.70. The van der Waals surface area contributed by atoms with E-state index < -0.39 is 5.97 Å². The number of thioether (sulfide) groups is 1. The third-order valence-corrected chi connectivity index (χ3v) is 4.07. The van der Waals surface area contributed by atoms with E-state index in [-0.39, 0.29) is 18.6 Å². The van der Waals surface area contributed by atoms with Gasteiger partial charge in [0.05, 0.1) is 6.42 Å². The fraction of sp³-hybridized carbons (Fsp3) is 0.176. The van der Waals surface area contributed by atoms with Crippen molar-refractivity contribution in [2.24, 2.45) is 0 Å². The average molecular weight is 300 g/mol. The Balaban J connectivity index is 1.89. The molecule has 0 aliphatic carbocycles. The van der Waals surface area contributed by atoms with Gasteiger partial charge in [-0.25, -0.2) is 0 Å². The first-order chi connectivity index (χ1) is 10.1. The van der Waals surface area contributed by atoms with Gasteiger partial charge in [0, 0.05) is 22.6 Å². The van der Waals surface area contributed by atoms with E-state index in [1.54, 1.807) is 23.9 Å². The Morgan fingerprint density at radius 3 is 2.19 bits per heavy atom. The van der Waals surface area contributed by atoms with Crippen molar-refractivity contribution in [3.8, 4) is 0 Å². The molecule has 4 heteroatoms. The lowest BCUT2D eigenvalue weighted by molar-refractivity contribution is -0.136. The molecule has 0 saturated carbocycles. The SMILES string of the molecule is O=C(O)CCC(=O)c1ccc(SCc2ccccc2)cc1. The molecule has 0 aliphatic rings. The molecule has 2 aromatic carbocycles. The molecule has 0 atom stereocenters. The Bertz CT molecular complexity index is 606. The van der Waals surface area contributed by atoms with Crippen LogP contribution in [0, 0.1) is 0 Å². The largest absolute Gasteiger partial charge is 0.481 e. The molecule has 0 saturated heterocycles. The van der Waals surface area contributed by atoms with Gasteiger partial charge in [-0.3, -0.25) is 9.59 Å². The van der Waals surface area contributed by atoms with Crippen LogP contribution >= 0.6 is 11.8 Å². The molecule has 0 amide bonds. The van der Waals surface area contributed by atoms with Gasteiger partial charge in [0.25, 0.3) is 0 Å². The van der Waals surface area contributed by atoms with Crippen LogP contribution in [0.2, 0.25) is 0 Å². The van der Waals surface area contributed by atoms with Gasteiger partial charge >= 0.3 is 5.97 Å². The maximum atomic E-state index is 11.8. The van der Waals surface area contributed by atoms with Crippen LogP contribution in [-0.4, -0.2) is 16.9 Å². The standard InChI is InChI=1S/C17H16O3S/c18-16(10-11-17(19)20)14-6-8-15(9-7-14)21-12-13-4-2-1-3-5-13/h1-9H,10-12H2,(H,19,20). The lowest BCUT2D eigenvalue weighted by atomic mass is 10.1. The number of carbonyl (C=O) groups is 2. The minimum absolute atomic E-state index is 0.0475. The zero-order chi connectivity index (χ0) is 15.1. The predicted molar refractivity (Wildman–Crippen MR) is 83.6 cm³/mol. The van der Waals surface area contributed by atoms with Crippen LogP contribution in [0.4, 0.5) is 0 Å². The highest BCUT2D eigenvalue weighted by Crippen LogP contribution is 2.23. The van der Waals surface area contributed by atoms with Gasteiger partial charge in [0.2, 0.25) is 0 Å². The third-order valence-electron chi connectivity index (χ3n) is 2.99. The Morgan fingerprint density at radius 2 is 1.57 bits per heavy atom. The highest BCUT2D eigenvalue weighted by Gasteiger charge is 2.08. The van der Waals surface area contributed by atoms with Crippen LogP contribution in [0.15, 0.2) is 59.5 Å². The molecule has 2 rings (SSSR count). The van der Waals surface area contributed by atoms with Crippen molar-refractivity contribution in [2.45, 2.75) is 23.5 Å². The van der Waals surface area contributed by atoms with Crippen LogP contribution in [0.25, 0.3) is 0 Å². The monoisotopic (exact) mass is 300 g/mol. The van der Waals surface area contributed by atoms with Gasteiger partial charge < -0.3 is 5.11 Å². The number of carboxylic acids is 1. The van der Waals surface area contributed by atoms with Gasteiger partial charge in [-0.1, -0.05) is 42.5 Å². The van der Waals surface area contributed by atoms with Gasteiger partial charge in [0.15, 0.2) is 5.78 Å². The van der Waals surface area contributed by atoms with Crippen LogP contribution in [0.3, 0.4) is 0 Å². The van der Waals surface area contributed by atoms with Crippen molar-refractivity contribution in [1.82, 2.24) is 0 Å². The molecule has 108 valence electrons. The third kappa shape index (κ3) is 5.08. The van der Waals surface area contributed by atoms with E-state index in [0.717, 1.165) is 10.6 Å². The Labute approximate surface area is 128 Å². The van der Waals surface area contributed by atoms with Crippen molar-refractivity contribution in [1.29, 1.82) is 0 Å². The smallest absolute Gasteiger partial charge is 0.303 e. The normalized spacial score (nSPS) is 10.3. The summed E-state index contributed by atoms with van der Waals surface area (Å²) in [6.45, 7) is 0. The van der Waals surface area contributed by atoms with Crippen molar-refractivity contribution in [3.63, 3.8) is 0 Å². The molecule has 3 nitrogen and oxygen atoms in total. The summed E-state index contributed by atoms with van der Waals surface area (Å²) < 4.78 is 0. The highest BCUT2D eigenvalue weighted by molar-refractivity contribution is 7.98. The molecule has 0 aromatic heterocycles. The fourth-order valence-electron chi connectivity index (χ4n) is 1.84. The van der Waals surface area contributed by atoms with Crippen LogP contribution in [0.5, 0.6) is 0 Å². The van der Waals surface area contributed by atoms with Crippen molar-refractivity contribution < 1.29 is 14.7 Å². The molecule has 0 unspecified atom stereocenters. The summed E-state index contributed by atoms with van der Waals surface area (Å²) in [5.41, 5.74) is 1.82. The minimum atomic E-state index is -0.946. The zero-order valence-corrected chi connectivity index (χ0v) is 12.3. The summed E-state index contributed by atoms with van der Waals surface area (Å²) >= 11 is 1.71. The molecule has 21 heavy (non-hydrogen) atoms. The molecular formula is C17H16O3S. The lowest BCUT2D eigenvalue weighted by Gasteiger charge is -2.04. The number of hydrogen-bond acceptors (Lipinski definition) is 3. The predicted octanol–water partition coefficient (Wildman–Crippen LogP) is 4.03. The quantitative estimate of drug-likeness (QED) is 0.619. The first-order valence-electron chi connectivity index (χ1n) is 6.67. The van der Waals surface area contributed by atoms with Crippen molar-refractivity contribution >= 4 is 23.5 Å². The summed E-state index contributed by atoms with van der Waals surface area (Å²) in [6, 6.07) is 17.5. The van der Waals surface area contributed by atoms with Gasteiger partial charge in [-0.2, -0.15) is 0 Å². The van der Waals surface area contributed by atoms with E-state index in [1.165, 1.54) is 5.56 Å². The Kier molecular flexibility index (Phi) is 5.58. The second-order valence-electron chi connectivity index (χ2n) is 4.62. The van der Waals surface area contributed by atoms with E-state index in [0.29, 0.717) is 5.56 Å². The van der Waals surface area contributed by atoms with E-state index >= 15 is 0 Å². The molecule has 0 heterocycles. The molecule has 0 aliphatic heterocycles. The van der Waals surface area contributed by atoms with Crippen molar-refractivity contribution in [3.05, 3.63) is 65.7 Å². The molecule has 0 bridgehead atoms. The van der Waals surface area contributed by atoms with Crippen LogP contribution < -0.4 is 0 Å². The second-order valence-corrected chi connectivity index (χ2v) is 5.66. The topological polar surface area (TPSA) is 54.4 Å².